The maximum Gasteiger partial charge on any atom is 0.0615 e. The van der Waals surface area contributed by atoms with Gasteiger partial charge in [0.1, 0.15) is 0 Å². The highest BCUT2D eigenvalue weighted by Gasteiger charge is 2.41. The normalized spacial score (nSPS) is 29.8. The molecule has 0 aromatic heterocycles. The molecule has 0 atom stereocenters. The molecule has 1 saturated heterocycles. The first kappa shape index (κ1) is 8.52. The molecule has 2 fully saturated rings. The number of aliphatic hydroxyl groups excluding tert-OH is 1. The van der Waals surface area contributed by atoms with Crippen molar-refractivity contribution in [2.24, 2.45) is 0 Å². The topological polar surface area (TPSA) is 23.5 Å². The zero-order valence-electron chi connectivity index (χ0n) is 7.76. The number of hydrogen-bond donors (Lipinski definition) is 1. The molecule has 1 heterocycles. The minimum absolute atomic E-state index is 0.223. The van der Waals surface area contributed by atoms with Crippen LogP contribution in [0.15, 0.2) is 0 Å². The first-order chi connectivity index (χ1) is 5.87. The fourth-order valence-corrected chi connectivity index (χ4v) is 2.53. The van der Waals surface area contributed by atoms with E-state index in [-0.39, 0.29) is 5.54 Å². The second kappa shape index (κ2) is 3.35. The molecule has 2 heteroatoms. The molecule has 0 amide bonds. The standard InChI is InChI=1S/C10H19NO/c12-9-10(5-4-6-10)11-7-2-1-3-8-11/h12H,1-9H2. The van der Waals surface area contributed by atoms with Crippen LogP contribution >= 0.6 is 0 Å². The molecule has 0 aromatic rings. The Hall–Kier alpha value is -0.0800. The van der Waals surface area contributed by atoms with E-state index in [0.29, 0.717) is 6.61 Å². The van der Waals surface area contributed by atoms with Crippen molar-refractivity contribution < 1.29 is 5.11 Å². The van der Waals surface area contributed by atoms with Gasteiger partial charge in [-0.05, 0) is 45.2 Å². The number of piperidine rings is 1. The quantitative estimate of drug-likeness (QED) is 0.675. The van der Waals surface area contributed by atoms with Crippen molar-refractivity contribution in [2.75, 3.05) is 19.7 Å². The Morgan fingerprint density at radius 3 is 2.08 bits per heavy atom. The van der Waals surface area contributed by atoms with Crippen LogP contribution in [0.25, 0.3) is 0 Å². The van der Waals surface area contributed by atoms with Gasteiger partial charge < -0.3 is 5.11 Å². The highest BCUT2D eigenvalue weighted by molar-refractivity contribution is 4.98. The molecule has 2 rings (SSSR count). The zero-order chi connectivity index (χ0) is 8.44. The van der Waals surface area contributed by atoms with Crippen molar-refractivity contribution in [1.29, 1.82) is 0 Å². The van der Waals surface area contributed by atoms with Gasteiger partial charge >= 0.3 is 0 Å². The predicted molar refractivity (Wildman–Crippen MR) is 49.1 cm³/mol. The number of nitrogens with zero attached hydrogens (tertiary/aromatic N) is 1. The molecule has 2 aliphatic rings. The zero-order valence-corrected chi connectivity index (χ0v) is 7.76. The Balaban J connectivity index is 1.95. The summed E-state index contributed by atoms with van der Waals surface area (Å²) in [6.45, 7) is 2.83. The van der Waals surface area contributed by atoms with Crippen LogP contribution < -0.4 is 0 Å². The minimum atomic E-state index is 0.223. The van der Waals surface area contributed by atoms with E-state index in [0.717, 1.165) is 0 Å². The summed E-state index contributed by atoms with van der Waals surface area (Å²) in [6, 6.07) is 0. The smallest absolute Gasteiger partial charge is 0.0615 e. The van der Waals surface area contributed by atoms with E-state index in [4.69, 9.17) is 0 Å². The fourth-order valence-electron chi connectivity index (χ4n) is 2.53. The van der Waals surface area contributed by atoms with E-state index in [1.54, 1.807) is 0 Å². The molecule has 0 aromatic carbocycles. The van der Waals surface area contributed by atoms with Crippen LogP contribution in [0.3, 0.4) is 0 Å². The predicted octanol–water partition coefficient (Wildman–Crippen LogP) is 1.39. The number of likely N-dealkylation sites (tertiary alicyclic amines) is 1. The molecule has 2 nitrogen and oxygen atoms in total. The van der Waals surface area contributed by atoms with E-state index >= 15 is 0 Å². The first-order valence-electron chi connectivity index (χ1n) is 5.23. The third-order valence-corrected chi connectivity index (χ3v) is 3.61. The van der Waals surface area contributed by atoms with Crippen LogP contribution in [0.4, 0.5) is 0 Å². The molecular formula is C10H19NO. The lowest BCUT2D eigenvalue weighted by molar-refractivity contribution is -0.0387. The summed E-state index contributed by atoms with van der Waals surface area (Å²) in [4.78, 5) is 2.53. The van der Waals surface area contributed by atoms with Crippen LogP contribution in [0.1, 0.15) is 38.5 Å². The van der Waals surface area contributed by atoms with Gasteiger partial charge in [0, 0.05) is 5.54 Å². The monoisotopic (exact) mass is 169 g/mol. The summed E-state index contributed by atoms with van der Waals surface area (Å²) in [5.41, 5.74) is 0.223. The van der Waals surface area contributed by atoms with Crippen LogP contribution in [0.2, 0.25) is 0 Å². The van der Waals surface area contributed by atoms with Crippen molar-refractivity contribution in [2.45, 2.75) is 44.1 Å². The van der Waals surface area contributed by atoms with Gasteiger partial charge in [-0.15, -0.1) is 0 Å². The minimum Gasteiger partial charge on any atom is -0.394 e. The van der Waals surface area contributed by atoms with E-state index in [1.165, 1.54) is 51.6 Å². The average molecular weight is 169 g/mol. The molecule has 1 aliphatic carbocycles. The lowest BCUT2D eigenvalue weighted by Gasteiger charge is -2.50. The average Bonchev–Trinajstić information content (AvgIpc) is 2.05. The molecule has 0 spiro atoms. The van der Waals surface area contributed by atoms with Crippen LogP contribution in [-0.4, -0.2) is 35.2 Å². The third kappa shape index (κ3) is 1.27. The van der Waals surface area contributed by atoms with E-state index in [9.17, 15) is 5.11 Å². The summed E-state index contributed by atoms with van der Waals surface area (Å²) in [6.07, 6.45) is 7.82. The van der Waals surface area contributed by atoms with Gasteiger partial charge in [-0.25, -0.2) is 0 Å². The molecule has 12 heavy (non-hydrogen) atoms. The Morgan fingerprint density at radius 1 is 1.00 bits per heavy atom. The van der Waals surface area contributed by atoms with Crippen LogP contribution in [0, 0.1) is 0 Å². The summed E-state index contributed by atoms with van der Waals surface area (Å²) >= 11 is 0. The van der Waals surface area contributed by atoms with Crippen molar-refractivity contribution in [1.82, 2.24) is 4.90 Å². The van der Waals surface area contributed by atoms with Gasteiger partial charge in [0.15, 0.2) is 0 Å². The first-order valence-corrected chi connectivity index (χ1v) is 5.23. The summed E-state index contributed by atoms with van der Waals surface area (Å²) < 4.78 is 0. The molecule has 70 valence electrons. The van der Waals surface area contributed by atoms with E-state index in [1.807, 2.05) is 0 Å². The van der Waals surface area contributed by atoms with Gasteiger partial charge in [-0.1, -0.05) is 6.42 Å². The van der Waals surface area contributed by atoms with Gasteiger partial charge in [-0.3, -0.25) is 4.90 Å². The third-order valence-electron chi connectivity index (χ3n) is 3.61. The van der Waals surface area contributed by atoms with Crippen molar-refractivity contribution in [3.63, 3.8) is 0 Å². The Kier molecular flexibility index (Phi) is 2.37. The summed E-state index contributed by atoms with van der Waals surface area (Å²) in [5, 5.41) is 9.35. The van der Waals surface area contributed by atoms with Gasteiger partial charge in [0.05, 0.1) is 6.61 Å². The molecular weight excluding hydrogens is 150 g/mol. The maximum absolute atomic E-state index is 9.35. The van der Waals surface area contributed by atoms with Crippen molar-refractivity contribution in [3.05, 3.63) is 0 Å². The summed E-state index contributed by atoms with van der Waals surface area (Å²) in [5.74, 6) is 0. The fraction of sp³-hybridized carbons (Fsp3) is 1.00. The SMILES string of the molecule is OCC1(N2CCCCC2)CCC1. The molecule has 0 bridgehead atoms. The van der Waals surface area contributed by atoms with Crippen molar-refractivity contribution in [3.8, 4) is 0 Å². The number of rotatable bonds is 2. The Bertz CT molecular complexity index is 142. The van der Waals surface area contributed by atoms with Gasteiger partial charge in [0.2, 0.25) is 0 Å². The lowest BCUT2D eigenvalue weighted by Crippen LogP contribution is -2.57. The molecule has 0 unspecified atom stereocenters. The summed E-state index contributed by atoms with van der Waals surface area (Å²) in [7, 11) is 0. The Labute approximate surface area is 74.6 Å². The molecule has 1 aliphatic heterocycles. The lowest BCUT2D eigenvalue weighted by atomic mass is 9.75. The molecule has 1 N–H and O–H groups in total. The number of hydrogen-bond acceptors (Lipinski definition) is 2. The highest BCUT2D eigenvalue weighted by atomic mass is 16.3. The highest BCUT2D eigenvalue weighted by Crippen LogP contribution is 2.38. The van der Waals surface area contributed by atoms with E-state index < -0.39 is 0 Å². The number of aliphatic hydroxyl groups is 1. The Morgan fingerprint density at radius 2 is 1.67 bits per heavy atom. The van der Waals surface area contributed by atoms with Crippen LogP contribution in [-0.2, 0) is 0 Å². The maximum atomic E-state index is 9.35. The second-order valence-corrected chi connectivity index (χ2v) is 4.28. The van der Waals surface area contributed by atoms with Gasteiger partial charge in [0.25, 0.3) is 0 Å². The molecule has 1 saturated carbocycles. The molecule has 0 radical (unpaired) electrons. The van der Waals surface area contributed by atoms with E-state index in [2.05, 4.69) is 4.90 Å². The largest absolute Gasteiger partial charge is 0.394 e. The second-order valence-electron chi connectivity index (χ2n) is 4.28. The van der Waals surface area contributed by atoms with Gasteiger partial charge in [-0.2, -0.15) is 0 Å². The van der Waals surface area contributed by atoms with Crippen LogP contribution in [0.5, 0.6) is 0 Å². The van der Waals surface area contributed by atoms with Crippen molar-refractivity contribution >= 4 is 0 Å².